The molecule has 1 spiro atoms. The Morgan fingerprint density at radius 3 is 2.36 bits per heavy atom. The Morgan fingerprint density at radius 2 is 1.75 bits per heavy atom. The molecule has 3 amide bonds. The number of β-amino-alcohol motifs (C(OH)–C–C–N with tert-alkyl or cyclic N) is 1. The molecule has 1 aromatic carbocycles. The van der Waals surface area contributed by atoms with Gasteiger partial charge in [0.2, 0.25) is 11.8 Å². The van der Waals surface area contributed by atoms with Crippen LogP contribution >= 0.6 is 0 Å². The van der Waals surface area contributed by atoms with Crippen molar-refractivity contribution >= 4 is 23.6 Å². The van der Waals surface area contributed by atoms with Crippen molar-refractivity contribution in [3.63, 3.8) is 0 Å². The molecular formula is C33H52N6O5. The van der Waals surface area contributed by atoms with E-state index < -0.39 is 34.7 Å². The minimum atomic E-state index is -0.753. The van der Waals surface area contributed by atoms with Crippen LogP contribution in [0.5, 0.6) is 0 Å². The van der Waals surface area contributed by atoms with Gasteiger partial charge < -0.3 is 20.1 Å². The van der Waals surface area contributed by atoms with Crippen LogP contribution in [0.4, 0.5) is 10.5 Å². The van der Waals surface area contributed by atoms with Gasteiger partial charge in [-0.2, -0.15) is 5.53 Å². The monoisotopic (exact) mass is 612 g/mol. The first-order chi connectivity index (χ1) is 20.7. The number of aliphatic hydroxyl groups excluding tert-OH is 1. The lowest BCUT2D eigenvalue weighted by molar-refractivity contribution is -0.151. The number of carbonyl (C=O) groups excluding carboxylic acids is 3. The maximum atomic E-state index is 14.6. The van der Waals surface area contributed by atoms with Crippen molar-refractivity contribution in [1.29, 1.82) is 0 Å². The van der Waals surface area contributed by atoms with Gasteiger partial charge in [0.05, 0.1) is 23.4 Å². The zero-order valence-corrected chi connectivity index (χ0v) is 27.5. The average Bonchev–Trinajstić information content (AvgIpc) is 3.58. The van der Waals surface area contributed by atoms with Crippen LogP contribution in [0.1, 0.15) is 104 Å². The normalized spacial score (nSPS) is 26.4. The predicted molar refractivity (Wildman–Crippen MR) is 168 cm³/mol. The molecule has 0 aromatic heterocycles. The number of ether oxygens (including phenoxy) is 1. The molecule has 4 atom stereocenters. The first-order valence-corrected chi connectivity index (χ1v) is 16.3. The molecule has 3 fully saturated rings. The fraction of sp³-hybridized carbons (Fsp3) is 0.727. The van der Waals surface area contributed by atoms with Crippen LogP contribution in [-0.2, 0) is 20.7 Å². The number of rotatable bonds is 4. The lowest BCUT2D eigenvalue weighted by Gasteiger charge is -2.48. The van der Waals surface area contributed by atoms with Gasteiger partial charge in [-0.3, -0.25) is 14.5 Å². The third kappa shape index (κ3) is 6.08. The zero-order valence-electron chi connectivity index (χ0n) is 27.5. The van der Waals surface area contributed by atoms with Gasteiger partial charge in [0, 0.05) is 26.6 Å². The molecule has 11 nitrogen and oxygen atoms in total. The summed E-state index contributed by atoms with van der Waals surface area (Å²) in [5.74, 6) is -0.436. The van der Waals surface area contributed by atoms with Crippen molar-refractivity contribution in [3.05, 3.63) is 29.3 Å². The van der Waals surface area contributed by atoms with Gasteiger partial charge in [0.1, 0.15) is 17.7 Å². The number of hydrogen-bond donors (Lipinski definition) is 4. The van der Waals surface area contributed by atoms with Crippen molar-refractivity contribution in [2.24, 2.45) is 5.41 Å². The minimum absolute atomic E-state index is 0.123. The Bertz CT molecular complexity index is 1250. The molecule has 0 radical (unpaired) electrons. The van der Waals surface area contributed by atoms with Crippen LogP contribution in [0.2, 0.25) is 0 Å². The molecule has 1 unspecified atom stereocenters. The number of amides is 3. The van der Waals surface area contributed by atoms with Gasteiger partial charge in [0.25, 0.3) is 0 Å². The van der Waals surface area contributed by atoms with Gasteiger partial charge in [-0.1, -0.05) is 64.7 Å². The van der Waals surface area contributed by atoms with Crippen molar-refractivity contribution in [2.75, 3.05) is 25.0 Å². The third-order valence-electron chi connectivity index (χ3n) is 9.69. The van der Waals surface area contributed by atoms with Crippen LogP contribution in [0, 0.1) is 5.41 Å². The Hall–Kier alpha value is -2.73. The van der Waals surface area contributed by atoms with E-state index in [1.54, 1.807) is 16.8 Å². The SMILES string of the molecule is CNC(=O)[C@@H]1C[C@@H](O)CN1C(=O)[C@@H](N1NNC(c2cccc3c2N(C(=O)OC(C)(C)C)CC3)C12CCCCCC2)C(C)(C)C. The second-order valence-corrected chi connectivity index (χ2v) is 15.1. The quantitative estimate of drug-likeness (QED) is 0.407. The third-order valence-corrected chi connectivity index (χ3v) is 9.69. The number of aliphatic hydroxyl groups is 1. The zero-order chi connectivity index (χ0) is 32.0. The van der Waals surface area contributed by atoms with E-state index in [0.717, 1.165) is 61.8 Å². The van der Waals surface area contributed by atoms with E-state index in [1.165, 1.54) is 0 Å². The van der Waals surface area contributed by atoms with Crippen molar-refractivity contribution in [2.45, 2.75) is 128 Å². The number of nitrogens with one attached hydrogen (secondary N) is 3. The number of hydrogen-bond acceptors (Lipinski definition) is 8. The molecule has 3 heterocycles. The molecule has 0 bridgehead atoms. The molecule has 2 saturated heterocycles. The van der Waals surface area contributed by atoms with Gasteiger partial charge in [0.15, 0.2) is 0 Å². The standard InChI is InChI=1S/C33H52N6O5/c1-31(2,3)27(29(42)38-20-22(40)19-24(38)28(41)34-7)39-33(16-10-8-9-11-17-33)26(35-36-39)23-14-12-13-21-15-18-37(25(21)23)30(43)44-32(4,5)6/h12-14,22,24,26-27,35-36,40H,8-11,15-20H2,1-7H3,(H,34,41)/t22-,24+,26?,27-/m1/s1. The highest BCUT2D eigenvalue weighted by atomic mass is 16.6. The van der Waals surface area contributed by atoms with E-state index in [2.05, 4.69) is 60.3 Å². The van der Waals surface area contributed by atoms with Gasteiger partial charge >= 0.3 is 6.09 Å². The number of hydrazine groups is 2. The Kier molecular flexibility index (Phi) is 9.07. The lowest BCUT2D eigenvalue weighted by Crippen LogP contribution is -2.65. The summed E-state index contributed by atoms with van der Waals surface area (Å²) in [7, 11) is 1.56. The highest BCUT2D eigenvalue weighted by Gasteiger charge is 2.58. The summed E-state index contributed by atoms with van der Waals surface area (Å²) in [5, 5.41) is 15.4. The smallest absolute Gasteiger partial charge is 0.414 e. The first-order valence-electron chi connectivity index (χ1n) is 16.3. The first kappa shape index (κ1) is 32.7. The maximum Gasteiger partial charge on any atom is 0.414 e. The summed E-state index contributed by atoms with van der Waals surface area (Å²) in [5.41, 5.74) is 8.50. The van der Waals surface area contributed by atoms with Crippen molar-refractivity contribution < 1.29 is 24.2 Å². The highest BCUT2D eigenvalue weighted by Crippen LogP contribution is 2.50. The highest BCUT2D eigenvalue weighted by molar-refractivity contribution is 5.92. The topological polar surface area (TPSA) is 126 Å². The number of nitrogens with zero attached hydrogens (tertiary/aromatic N) is 3. The summed E-state index contributed by atoms with van der Waals surface area (Å²) in [6.45, 7) is 12.5. The molecule has 1 saturated carbocycles. The molecule has 11 heteroatoms. The minimum Gasteiger partial charge on any atom is -0.443 e. The molecule has 1 aromatic rings. The second-order valence-electron chi connectivity index (χ2n) is 15.1. The van der Waals surface area contributed by atoms with Crippen LogP contribution in [0.25, 0.3) is 0 Å². The van der Waals surface area contributed by atoms with E-state index >= 15 is 0 Å². The molecule has 1 aliphatic carbocycles. The fourth-order valence-electron chi connectivity index (χ4n) is 7.79. The van der Waals surface area contributed by atoms with Crippen molar-refractivity contribution in [1.82, 2.24) is 26.2 Å². The largest absolute Gasteiger partial charge is 0.443 e. The molecule has 5 rings (SSSR count). The number of fused-ring (bicyclic) bond motifs is 1. The molecule has 4 aliphatic rings. The number of likely N-dealkylation sites (tertiary alicyclic amines) is 1. The molecule has 44 heavy (non-hydrogen) atoms. The van der Waals surface area contributed by atoms with E-state index in [9.17, 15) is 19.5 Å². The number of likely N-dealkylation sites (N-methyl/N-ethyl adjacent to an activating group) is 1. The number of carbonyl (C=O) groups is 3. The van der Waals surface area contributed by atoms with Gasteiger partial charge in [-0.25, -0.2) is 15.2 Å². The Morgan fingerprint density at radius 1 is 1.07 bits per heavy atom. The number of benzene rings is 1. The predicted octanol–water partition coefficient (Wildman–Crippen LogP) is 3.57. The van der Waals surface area contributed by atoms with Crippen LogP contribution < -0.4 is 21.2 Å². The number of para-hydroxylation sites is 1. The Labute approximate surface area is 262 Å². The summed E-state index contributed by atoms with van der Waals surface area (Å²) >= 11 is 0. The maximum absolute atomic E-state index is 14.6. The summed E-state index contributed by atoms with van der Waals surface area (Å²) in [4.78, 5) is 44.2. The lowest BCUT2D eigenvalue weighted by atomic mass is 9.75. The molecular weight excluding hydrogens is 560 g/mol. The van der Waals surface area contributed by atoms with E-state index in [-0.39, 0.29) is 36.9 Å². The Balaban J connectivity index is 1.57. The molecule has 3 aliphatic heterocycles. The van der Waals surface area contributed by atoms with E-state index in [1.807, 2.05) is 20.8 Å². The van der Waals surface area contributed by atoms with Crippen LogP contribution in [-0.4, -0.2) is 82.4 Å². The average molecular weight is 613 g/mol. The van der Waals surface area contributed by atoms with E-state index in [4.69, 9.17) is 4.74 Å². The van der Waals surface area contributed by atoms with Crippen LogP contribution in [0.15, 0.2) is 18.2 Å². The second kappa shape index (κ2) is 12.2. The van der Waals surface area contributed by atoms with Gasteiger partial charge in [-0.15, -0.1) is 0 Å². The summed E-state index contributed by atoms with van der Waals surface area (Å²) < 4.78 is 5.83. The van der Waals surface area contributed by atoms with E-state index in [0.29, 0.717) is 6.54 Å². The molecule has 244 valence electrons. The molecule has 4 N–H and O–H groups in total. The van der Waals surface area contributed by atoms with Crippen molar-refractivity contribution in [3.8, 4) is 0 Å². The summed E-state index contributed by atoms with van der Waals surface area (Å²) in [6, 6.07) is 4.69. The van der Waals surface area contributed by atoms with Gasteiger partial charge in [-0.05, 0) is 56.6 Å². The summed E-state index contributed by atoms with van der Waals surface area (Å²) in [6.07, 6.45) is 5.83. The number of anilines is 1. The fourth-order valence-corrected chi connectivity index (χ4v) is 7.79. The van der Waals surface area contributed by atoms with Crippen LogP contribution in [0.3, 0.4) is 0 Å².